The molecule has 1 aliphatic carbocycles. The van der Waals surface area contributed by atoms with Crippen molar-refractivity contribution in [3.63, 3.8) is 0 Å². The molecule has 92 valence electrons. The summed E-state index contributed by atoms with van der Waals surface area (Å²) in [6.45, 7) is 1.94. The molecule has 1 saturated heterocycles. The lowest BCUT2D eigenvalue weighted by Gasteiger charge is -2.30. The summed E-state index contributed by atoms with van der Waals surface area (Å²) in [5.41, 5.74) is 0. The summed E-state index contributed by atoms with van der Waals surface area (Å²) in [6.07, 6.45) is 10.0. The molecule has 1 saturated carbocycles. The van der Waals surface area contributed by atoms with Crippen LogP contribution in [0.15, 0.2) is 0 Å². The average Bonchev–Trinajstić information content (AvgIpc) is 2.33. The van der Waals surface area contributed by atoms with Gasteiger partial charge in [-0.25, -0.2) is 0 Å². The van der Waals surface area contributed by atoms with E-state index in [0.29, 0.717) is 16.7 Å². The lowest BCUT2D eigenvalue weighted by atomic mass is 9.86. The van der Waals surface area contributed by atoms with Crippen LogP contribution in [0, 0.1) is 5.92 Å². The summed E-state index contributed by atoms with van der Waals surface area (Å²) >= 11 is 3.72. The lowest BCUT2D eigenvalue weighted by molar-refractivity contribution is -0.905. The van der Waals surface area contributed by atoms with Gasteiger partial charge in [-0.2, -0.15) is 0 Å². The maximum Gasteiger partial charge on any atom is 0.189 e. The van der Waals surface area contributed by atoms with Gasteiger partial charge >= 0.3 is 0 Å². The van der Waals surface area contributed by atoms with Crippen molar-refractivity contribution in [3.05, 3.63) is 0 Å². The minimum absolute atomic E-state index is 0.392. The summed E-state index contributed by atoms with van der Waals surface area (Å²) < 4.78 is 0. The second kappa shape index (κ2) is 6.15. The first-order valence-corrected chi connectivity index (χ1v) is 7.70. The van der Waals surface area contributed by atoms with E-state index in [1.54, 1.807) is 0 Å². The highest BCUT2D eigenvalue weighted by Crippen LogP contribution is 2.24. The van der Waals surface area contributed by atoms with Gasteiger partial charge in [-0.15, -0.1) is 0 Å². The smallest absolute Gasteiger partial charge is 0.189 e. The van der Waals surface area contributed by atoms with E-state index in [0.717, 1.165) is 19.4 Å². The first-order valence-electron chi connectivity index (χ1n) is 6.79. The number of piperidine rings is 1. The zero-order valence-electron chi connectivity index (χ0n) is 10.0. The van der Waals surface area contributed by atoms with Gasteiger partial charge in [0.05, 0.1) is 6.54 Å². The highest BCUT2D eigenvalue weighted by atomic mass is 79.9. The summed E-state index contributed by atoms with van der Waals surface area (Å²) in [5, 5.41) is 0. The van der Waals surface area contributed by atoms with Crippen LogP contribution >= 0.6 is 15.9 Å². The molecular weight excluding hydrogens is 266 g/mol. The third-order valence-electron chi connectivity index (χ3n) is 4.11. The molecule has 16 heavy (non-hydrogen) atoms. The van der Waals surface area contributed by atoms with Crippen molar-refractivity contribution in [2.75, 3.05) is 13.1 Å². The van der Waals surface area contributed by atoms with Crippen LogP contribution < -0.4 is 4.90 Å². The third kappa shape index (κ3) is 3.30. The van der Waals surface area contributed by atoms with Crippen molar-refractivity contribution in [1.29, 1.82) is 0 Å². The predicted octanol–water partition coefficient (Wildman–Crippen LogP) is 1.93. The molecule has 1 heterocycles. The highest BCUT2D eigenvalue weighted by Gasteiger charge is 2.29. The largest absolute Gasteiger partial charge is 0.317 e. The van der Waals surface area contributed by atoms with Gasteiger partial charge in [0.1, 0.15) is 11.5 Å². The molecule has 2 atom stereocenters. The minimum atomic E-state index is 0.392. The van der Waals surface area contributed by atoms with Gasteiger partial charge < -0.3 is 4.90 Å². The molecule has 0 aromatic carbocycles. The number of carbonyl (C=O) groups excluding carboxylic acids is 1. The number of carbonyl (C=O) groups is 1. The molecule has 2 unspecified atom stereocenters. The number of hydrogen-bond donors (Lipinski definition) is 1. The van der Waals surface area contributed by atoms with Crippen LogP contribution in [0.2, 0.25) is 0 Å². The number of ketones is 1. The number of alkyl halides is 1. The molecule has 0 amide bonds. The number of nitrogens with one attached hydrogen (secondary N) is 1. The Morgan fingerprint density at radius 1 is 1.06 bits per heavy atom. The van der Waals surface area contributed by atoms with Gasteiger partial charge in [-0.1, -0.05) is 19.3 Å². The van der Waals surface area contributed by atoms with Gasteiger partial charge in [0.15, 0.2) is 5.78 Å². The maximum absolute atomic E-state index is 12.2. The van der Waals surface area contributed by atoms with E-state index in [-0.39, 0.29) is 0 Å². The highest BCUT2D eigenvalue weighted by molar-refractivity contribution is 9.09. The normalized spacial score (nSPS) is 32.6. The molecule has 2 fully saturated rings. The summed E-state index contributed by atoms with van der Waals surface area (Å²) in [5.74, 6) is 0.920. The minimum Gasteiger partial charge on any atom is -0.317 e. The van der Waals surface area contributed by atoms with Crippen LogP contribution in [-0.2, 0) is 4.79 Å². The fraction of sp³-hybridized carbons (Fsp3) is 0.923. The number of Topliss-reactive ketones (excluding diaryl/α,β-unsaturated/α-hetero) is 1. The maximum atomic E-state index is 12.2. The van der Waals surface area contributed by atoms with Crippen molar-refractivity contribution >= 4 is 21.7 Å². The molecule has 2 aliphatic rings. The molecular formula is C13H23BrNO+. The van der Waals surface area contributed by atoms with Crippen LogP contribution in [0.1, 0.15) is 51.4 Å². The Morgan fingerprint density at radius 3 is 2.44 bits per heavy atom. The number of quaternary nitrogens is 1. The van der Waals surface area contributed by atoms with Gasteiger partial charge in [-0.3, -0.25) is 4.79 Å². The molecule has 2 nitrogen and oxygen atoms in total. The molecule has 0 spiro atoms. The monoisotopic (exact) mass is 288 g/mol. The molecule has 1 N–H and O–H groups in total. The summed E-state index contributed by atoms with van der Waals surface area (Å²) in [6, 6.07) is 0. The Bertz CT molecular complexity index is 238. The van der Waals surface area contributed by atoms with Crippen molar-refractivity contribution in [1.82, 2.24) is 0 Å². The SMILES string of the molecule is O=C(C[NH+]1CCCCC1Br)C1CCCCC1. The molecule has 0 aromatic rings. The summed E-state index contributed by atoms with van der Waals surface area (Å²) in [4.78, 5) is 14.2. The van der Waals surface area contributed by atoms with Crippen LogP contribution in [-0.4, -0.2) is 23.8 Å². The van der Waals surface area contributed by atoms with Crippen molar-refractivity contribution in [2.45, 2.75) is 56.3 Å². The Kier molecular flexibility index (Phi) is 4.83. The van der Waals surface area contributed by atoms with Crippen LogP contribution in [0.5, 0.6) is 0 Å². The van der Waals surface area contributed by atoms with Crippen LogP contribution in [0.4, 0.5) is 0 Å². The zero-order chi connectivity index (χ0) is 11.4. The van der Waals surface area contributed by atoms with Crippen molar-refractivity contribution in [3.8, 4) is 0 Å². The van der Waals surface area contributed by atoms with Gasteiger partial charge in [-0.05, 0) is 41.6 Å². The average molecular weight is 289 g/mol. The Hall–Kier alpha value is 0.110. The molecule has 1 aliphatic heterocycles. The zero-order valence-corrected chi connectivity index (χ0v) is 11.6. The summed E-state index contributed by atoms with van der Waals surface area (Å²) in [7, 11) is 0. The van der Waals surface area contributed by atoms with Gasteiger partial charge in [0.2, 0.25) is 0 Å². The molecule has 2 rings (SSSR count). The first kappa shape index (κ1) is 12.6. The van der Waals surface area contributed by atoms with E-state index in [2.05, 4.69) is 15.9 Å². The standard InChI is InChI=1S/C13H22BrNO/c14-13-8-4-5-9-15(13)10-12(16)11-6-2-1-3-7-11/h11,13H,1-10H2/p+1. The third-order valence-corrected chi connectivity index (χ3v) is 5.22. The predicted molar refractivity (Wildman–Crippen MR) is 68.8 cm³/mol. The fourth-order valence-electron chi connectivity index (χ4n) is 3.03. The van der Waals surface area contributed by atoms with E-state index in [9.17, 15) is 4.79 Å². The number of hydrogen-bond acceptors (Lipinski definition) is 1. The Labute approximate surface area is 107 Å². The van der Waals surface area contributed by atoms with E-state index < -0.39 is 0 Å². The van der Waals surface area contributed by atoms with Gasteiger partial charge in [0, 0.05) is 12.3 Å². The molecule has 0 bridgehead atoms. The van der Waals surface area contributed by atoms with E-state index in [4.69, 9.17) is 0 Å². The van der Waals surface area contributed by atoms with E-state index in [1.807, 2.05) is 0 Å². The van der Waals surface area contributed by atoms with Gasteiger partial charge in [0.25, 0.3) is 0 Å². The number of halogens is 1. The Balaban J connectivity index is 1.80. The molecule has 0 aromatic heterocycles. The fourth-order valence-corrected chi connectivity index (χ4v) is 3.74. The van der Waals surface area contributed by atoms with Crippen LogP contribution in [0.25, 0.3) is 0 Å². The quantitative estimate of drug-likeness (QED) is 0.622. The van der Waals surface area contributed by atoms with Crippen molar-refractivity contribution in [2.24, 2.45) is 5.92 Å². The topological polar surface area (TPSA) is 21.5 Å². The van der Waals surface area contributed by atoms with E-state index >= 15 is 0 Å². The van der Waals surface area contributed by atoms with Crippen molar-refractivity contribution < 1.29 is 9.69 Å². The van der Waals surface area contributed by atoms with Crippen LogP contribution in [0.3, 0.4) is 0 Å². The lowest BCUT2D eigenvalue weighted by Crippen LogP contribution is -3.16. The number of rotatable bonds is 3. The first-order chi connectivity index (χ1) is 7.77. The number of likely N-dealkylation sites (tertiary alicyclic amines) is 1. The molecule has 3 heteroatoms. The Morgan fingerprint density at radius 2 is 1.75 bits per heavy atom. The second-order valence-electron chi connectivity index (χ2n) is 5.35. The second-order valence-corrected chi connectivity index (χ2v) is 6.45. The molecule has 0 radical (unpaired) electrons. The van der Waals surface area contributed by atoms with E-state index in [1.165, 1.54) is 50.0 Å².